The lowest BCUT2D eigenvalue weighted by molar-refractivity contribution is 0.101. The Morgan fingerprint density at radius 1 is 1.41 bits per heavy atom. The summed E-state index contributed by atoms with van der Waals surface area (Å²) in [5.74, 6) is 1.08. The van der Waals surface area contributed by atoms with E-state index in [0.29, 0.717) is 30.3 Å². The van der Waals surface area contributed by atoms with Gasteiger partial charge in [-0.1, -0.05) is 13.3 Å². The van der Waals surface area contributed by atoms with Crippen LogP contribution in [-0.4, -0.2) is 6.61 Å². The van der Waals surface area contributed by atoms with Crippen LogP contribution in [0.2, 0.25) is 0 Å². The van der Waals surface area contributed by atoms with Crippen molar-refractivity contribution in [1.29, 1.82) is 0 Å². The summed E-state index contributed by atoms with van der Waals surface area (Å²) in [6, 6.07) is 1.74. The topological polar surface area (TPSA) is 52.6 Å². The van der Waals surface area contributed by atoms with Gasteiger partial charge in [0.15, 0.2) is 11.5 Å². The van der Waals surface area contributed by atoms with Crippen LogP contribution in [-0.2, 0) is 11.3 Å². The molecule has 0 aliphatic carbocycles. The first-order valence-corrected chi connectivity index (χ1v) is 5.81. The molecule has 4 heteroatoms. The van der Waals surface area contributed by atoms with Gasteiger partial charge in [0.05, 0.1) is 6.26 Å². The van der Waals surface area contributed by atoms with Crippen LogP contribution >= 0.6 is 0 Å². The van der Waals surface area contributed by atoms with E-state index in [0.717, 1.165) is 18.4 Å². The molecule has 0 aromatic rings. The van der Waals surface area contributed by atoms with Crippen molar-refractivity contribution in [1.82, 2.24) is 0 Å². The lowest BCUT2D eigenvalue weighted by Crippen LogP contribution is -1.96. The van der Waals surface area contributed by atoms with Gasteiger partial charge in [-0.05, 0) is 19.4 Å². The van der Waals surface area contributed by atoms with Gasteiger partial charge < -0.3 is 13.6 Å². The van der Waals surface area contributed by atoms with Crippen LogP contribution in [0.1, 0.15) is 31.1 Å². The van der Waals surface area contributed by atoms with Crippen LogP contribution in [0, 0.1) is 6.92 Å². The van der Waals surface area contributed by atoms with Gasteiger partial charge in [-0.25, -0.2) is 4.79 Å². The molecule has 0 radical (unpaired) electrons. The molecule has 0 aromatic carbocycles. The van der Waals surface area contributed by atoms with Gasteiger partial charge in [-0.3, -0.25) is 0 Å². The summed E-state index contributed by atoms with van der Waals surface area (Å²) in [7, 11) is 0. The highest BCUT2D eigenvalue weighted by Gasteiger charge is 2.19. The average Bonchev–Trinajstić information content (AvgIpc) is 2.62. The summed E-state index contributed by atoms with van der Waals surface area (Å²) in [6.07, 6.45) is 3.66. The Morgan fingerprint density at radius 2 is 2.24 bits per heavy atom. The first-order valence-electron chi connectivity index (χ1n) is 5.81. The molecule has 0 amide bonds. The van der Waals surface area contributed by atoms with Crippen LogP contribution < -0.4 is 5.63 Å². The Morgan fingerprint density at radius 3 is 3.00 bits per heavy atom. The second-order valence-corrected chi connectivity index (χ2v) is 4.01. The summed E-state index contributed by atoms with van der Waals surface area (Å²) >= 11 is 0. The number of rotatable bonds is 5. The lowest BCUT2D eigenvalue weighted by atomic mass is 10.1. The van der Waals surface area contributed by atoms with Gasteiger partial charge in [0.25, 0.3) is 0 Å². The molecule has 0 spiro atoms. The molecule has 0 saturated carbocycles. The summed E-state index contributed by atoms with van der Waals surface area (Å²) in [5.41, 5.74) is 1.11. The third kappa shape index (κ3) is 2.42. The van der Waals surface area contributed by atoms with Gasteiger partial charge in [-0.15, -0.1) is 0 Å². The van der Waals surface area contributed by atoms with Crippen molar-refractivity contribution in [3.05, 3.63) is 34.1 Å². The smallest absolute Gasteiger partial charge is 0.340 e. The summed E-state index contributed by atoms with van der Waals surface area (Å²) in [6.45, 7) is 4.88. The fourth-order valence-corrected chi connectivity index (χ4v) is 1.66. The quantitative estimate of drug-likeness (QED) is 0.749. The van der Waals surface area contributed by atoms with E-state index in [1.807, 2.05) is 0 Å². The van der Waals surface area contributed by atoms with Crippen molar-refractivity contribution in [2.45, 2.75) is 33.3 Å². The lowest BCUT2D eigenvalue weighted by Gasteiger charge is -2.05. The van der Waals surface area contributed by atoms with Crippen LogP contribution in [0.25, 0.3) is 11.3 Å². The Kier molecular flexibility index (Phi) is 3.64. The van der Waals surface area contributed by atoms with Gasteiger partial charge in [0.2, 0.25) is 0 Å². The van der Waals surface area contributed by atoms with E-state index in [-0.39, 0.29) is 5.63 Å². The number of ether oxygens (including phenoxy) is 1. The summed E-state index contributed by atoms with van der Waals surface area (Å²) in [5, 5.41) is 0. The Hall–Kier alpha value is -1.55. The van der Waals surface area contributed by atoms with E-state index in [1.54, 1.807) is 19.3 Å². The fourth-order valence-electron chi connectivity index (χ4n) is 1.66. The van der Waals surface area contributed by atoms with E-state index in [1.165, 1.54) is 0 Å². The highest BCUT2D eigenvalue weighted by atomic mass is 16.5. The van der Waals surface area contributed by atoms with Crippen molar-refractivity contribution in [2.24, 2.45) is 0 Å². The first kappa shape index (κ1) is 11.9. The van der Waals surface area contributed by atoms with Crippen molar-refractivity contribution < 1.29 is 13.6 Å². The SMILES string of the molecule is CCCCOCc1occc2c(C)c(=O)oc1-2. The maximum absolute atomic E-state index is 11.4. The maximum Gasteiger partial charge on any atom is 0.340 e. The molecule has 0 saturated heterocycles. The molecule has 0 atom stereocenters. The Bertz CT molecular complexity index is 509. The highest BCUT2D eigenvalue weighted by molar-refractivity contribution is 5.63. The minimum absolute atomic E-state index is 0.309. The van der Waals surface area contributed by atoms with E-state index in [9.17, 15) is 4.79 Å². The Balaban J connectivity index is 2.17. The van der Waals surface area contributed by atoms with Crippen molar-refractivity contribution in [3.63, 3.8) is 0 Å². The molecule has 0 fully saturated rings. The maximum atomic E-state index is 11.4. The fraction of sp³-hybridized carbons (Fsp3) is 0.462. The molecule has 4 nitrogen and oxygen atoms in total. The molecule has 2 aliphatic rings. The molecule has 2 aliphatic heterocycles. The summed E-state index contributed by atoms with van der Waals surface area (Å²) in [4.78, 5) is 11.4. The molecule has 0 bridgehead atoms. The summed E-state index contributed by atoms with van der Waals surface area (Å²) < 4.78 is 16.0. The standard InChI is InChI=1S/C13H16O4/c1-3-4-6-15-8-11-12-10(5-7-16-11)9(2)13(14)17-12/h5,7H,3-4,6,8H2,1-2H3. The van der Waals surface area contributed by atoms with Crippen LogP contribution in [0.3, 0.4) is 0 Å². The third-order valence-electron chi connectivity index (χ3n) is 2.72. The zero-order chi connectivity index (χ0) is 12.3. The minimum Gasteiger partial charge on any atom is -0.463 e. The molecule has 92 valence electrons. The number of hydrogen-bond donors (Lipinski definition) is 0. The van der Waals surface area contributed by atoms with Crippen LogP contribution in [0.5, 0.6) is 0 Å². The van der Waals surface area contributed by atoms with Crippen molar-refractivity contribution >= 4 is 0 Å². The number of unbranched alkanes of at least 4 members (excludes halogenated alkanes) is 1. The van der Waals surface area contributed by atoms with Gasteiger partial charge in [-0.2, -0.15) is 0 Å². The van der Waals surface area contributed by atoms with Gasteiger partial charge in [0.1, 0.15) is 6.61 Å². The molecule has 2 rings (SSSR count). The van der Waals surface area contributed by atoms with E-state index in [4.69, 9.17) is 13.6 Å². The molecular weight excluding hydrogens is 220 g/mol. The predicted molar refractivity (Wildman–Crippen MR) is 63.2 cm³/mol. The largest absolute Gasteiger partial charge is 0.463 e. The minimum atomic E-state index is -0.309. The van der Waals surface area contributed by atoms with Crippen molar-refractivity contribution in [2.75, 3.05) is 6.61 Å². The Labute approximate surface area is 99.5 Å². The van der Waals surface area contributed by atoms with Gasteiger partial charge in [0, 0.05) is 17.7 Å². The van der Waals surface area contributed by atoms with E-state index < -0.39 is 0 Å². The molecule has 17 heavy (non-hydrogen) atoms. The molecule has 0 N–H and O–H groups in total. The normalized spacial score (nSPS) is 11.2. The predicted octanol–water partition coefficient (Wildman–Crippen LogP) is 2.96. The second-order valence-electron chi connectivity index (χ2n) is 4.01. The highest BCUT2D eigenvalue weighted by Crippen LogP contribution is 2.28. The third-order valence-corrected chi connectivity index (χ3v) is 2.72. The zero-order valence-corrected chi connectivity index (χ0v) is 10.1. The number of fused-ring (bicyclic) bond motifs is 1. The molecule has 2 heterocycles. The van der Waals surface area contributed by atoms with Crippen LogP contribution in [0.4, 0.5) is 0 Å². The molecule has 0 aromatic heterocycles. The number of furan rings is 1. The molecular formula is C13H16O4. The zero-order valence-electron chi connectivity index (χ0n) is 10.1. The first-order chi connectivity index (χ1) is 8.24. The second kappa shape index (κ2) is 5.19. The van der Waals surface area contributed by atoms with Crippen LogP contribution in [0.15, 0.2) is 26.0 Å². The van der Waals surface area contributed by atoms with Gasteiger partial charge >= 0.3 is 5.63 Å². The van der Waals surface area contributed by atoms with E-state index >= 15 is 0 Å². The van der Waals surface area contributed by atoms with Crippen molar-refractivity contribution in [3.8, 4) is 11.3 Å². The average molecular weight is 236 g/mol. The molecule has 0 unspecified atom stereocenters. The van der Waals surface area contributed by atoms with E-state index in [2.05, 4.69) is 6.92 Å². The monoisotopic (exact) mass is 236 g/mol. The number of hydrogen-bond acceptors (Lipinski definition) is 4.